The van der Waals surface area contributed by atoms with E-state index >= 15 is 0 Å². The van der Waals surface area contributed by atoms with Gasteiger partial charge in [0.1, 0.15) is 54.2 Å². The van der Waals surface area contributed by atoms with Crippen molar-refractivity contribution in [2.45, 2.75) is 70.5 Å². The van der Waals surface area contributed by atoms with Gasteiger partial charge in [-0.05, 0) is 34.7 Å². The molecule has 0 radical (unpaired) electrons. The highest BCUT2D eigenvalue weighted by molar-refractivity contribution is 5.35. The first kappa shape index (κ1) is 37.9. The Balaban J connectivity index is 1.29. The van der Waals surface area contributed by atoms with E-state index in [0.717, 1.165) is 27.8 Å². The Labute approximate surface area is 322 Å². The van der Waals surface area contributed by atoms with E-state index in [1.54, 1.807) is 13.0 Å². The van der Waals surface area contributed by atoms with Gasteiger partial charge in [0.05, 0.1) is 33.0 Å². The maximum atomic E-state index is 14.1. The highest BCUT2D eigenvalue weighted by Crippen LogP contribution is 2.41. The Hall–Kier alpha value is -5.35. The molecule has 0 aliphatic carbocycles. The zero-order chi connectivity index (χ0) is 37.7. The van der Waals surface area contributed by atoms with Gasteiger partial charge in [-0.15, -0.1) is 0 Å². The molecule has 5 atom stereocenters. The van der Waals surface area contributed by atoms with Crippen LogP contribution in [0, 0.1) is 6.92 Å². The largest absolute Gasteiger partial charge is 0.488 e. The molecule has 0 bridgehead atoms. The lowest BCUT2D eigenvalue weighted by molar-refractivity contribution is -0.275. The molecule has 5 aromatic carbocycles. The van der Waals surface area contributed by atoms with Gasteiger partial charge in [-0.2, -0.15) is 0 Å². The zero-order valence-electron chi connectivity index (χ0n) is 30.9. The van der Waals surface area contributed by atoms with E-state index in [4.69, 9.17) is 32.8 Å². The molecule has 8 nitrogen and oxygen atoms in total. The van der Waals surface area contributed by atoms with Crippen LogP contribution in [0.5, 0.6) is 5.75 Å². The molecule has 0 spiro atoms. The molecular formula is C47H46O8. The molecule has 0 amide bonds. The van der Waals surface area contributed by atoms with Crippen molar-refractivity contribution in [3.05, 3.63) is 207 Å². The Kier molecular flexibility index (Phi) is 13.3. The lowest BCUT2D eigenvalue weighted by Gasteiger charge is -2.46. The highest BCUT2D eigenvalue weighted by Gasteiger charge is 2.50. The average molecular weight is 739 g/mol. The van der Waals surface area contributed by atoms with Gasteiger partial charge < -0.3 is 32.8 Å². The second kappa shape index (κ2) is 19.3. The molecule has 0 saturated carbocycles. The molecule has 8 heteroatoms. The predicted octanol–water partition coefficient (Wildman–Crippen LogP) is 8.94. The summed E-state index contributed by atoms with van der Waals surface area (Å²) >= 11 is 0. The van der Waals surface area contributed by atoms with Gasteiger partial charge in [-0.3, -0.25) is 0 Å². The van der Waals surface area contributed by atoms with E-state index in [9.17, 15) is 4.79 Å². The summed E-state index contributed by atoms with van der Waals surface area (Å²) in [5.74, 6) is 0.767. The third-order valence-electron chi connectivity index (χ3n) is 9.48. The fourth-order valence-electron chi connectivity index (χ4n) is 6.73. The van der Waals surface area contributed by atoms with Gasteiger partial charge in [0.2, 0.25) is 0 Å². The van der Waals surface area contributed by atoms with Crippen molar-refractivity contribution in [2.75, 3.05) is 6.61 Å². The van der Waals surface area contributed by atoms with Gasteiger partial charge in [-0.25, -0.2) is 4.79 Å². The summed E-state index contributed by atoms with van der Waals surface area (Å²) in [6.45, 7) is 3.27. The number of hydrogen-bond acceptors (Lipinski definition) is 8. The normalized spacial score (nSPS) is 19.5. The minimum absolute atomic E-state index is 0.152. The monoisotopic (exact) mass is 738 g/mol. The maximum Gasteiger partial charge on any atom is 0.345 e. The zero-order valence-corrected chi connectivity index (χ0v) is 30.9. The Morgan fingerprint density at radius 1 is 0.509 bits per heavy atom. The van der Waals surface area contributed by atoms with Crippen molar-refractivity contribution in [3.8, 4) is 5.75 Å². The molecule has 0 unspecified atom stereocenters. The quantitative estimate of drug-likeness (QED) is 0.0918. The van der Waals surface area contributed by atoms with Gasteiger partial charge in [-0.1, -0.05) is 152 Å². The third-order valence-corrected chi connectivity index (χ3v) is 9.48. The van der Waals surface area contributed by atoms with Gasteiger partial charge in [0, 0.05) is 6.07 Å². The topological polar surface area (TPSA) is 85.6 Å². The van der Waals surface area contributed by atoms with E-state index in [1.165, 1.54) is 0 Å². The maximum absolute atomic E-state index is 14.1. The van der Waals surface area contributed by atoms with Crippen LogP contribution < -0.4 is 10.4 Å². The molecule has 1 aromatic heterocycles. The van der Waals surface area contributed by atoms with E-state index in [2.05, 4.69) is 0 Å². The van der Waals surface area contributed by atoms with E-state index in [0.29, 0.717) is 24.7 Å². The van der Waals surface area contributed by atoms with Crippen LogP contribution in [0.3, 0.4) is 0 Å². The fourth-order valence-corrected chi connectivity index (χ4v) is 6.73. The van der Waals surface area contributed by atoms with E-state index < -0.39 is 36.1 Å². The standard InChI is InChI=1S/C47H46O8/c1-34-27-40(50-29-36-19-9-3-10-20-36)42(47(48)54-34)44-46(53-32-39-25-15-6-16-26-39)45(52-31-38-23-13-5-14-24-38)43(51-30-37-21-11-4-12-22-37)41(55-44)33-49-28-35-17-7-2-8-18-35/h2-27,41,43-46H,28-33H2,1H3/t41-,43+,44+,45+,46+/m1/s1. The molecule has 55 heavy (non-hydrogen) atoms. The molecule has 7 rings (SSSR count). The summed E-state index contributed by atoms with van der Waals surface area (Å²) in [6.07, 6.45) is -3.88. The summed E-state index contributed by atoms with van der Waals surface area (Å²) in [4.78, 5) is 14.1. The van der Waals surface area contributed by atoms with Crippen molar-refractivity contribution in [1.29, 1.82) is 0 Å². The first-order valence-corrected chi connectivity index (χ1v) is 18.7. The van der Waals surface area contributed by atoms with Crippen molar-refractivity contribution >= 4 is 0 Å². The first-order chi connectivity index (χ1) is 27.1. The highest BCUT2D eigenvalue weighted by atomic mass is 16.6. The summed E-state index contributed by atoms with van der Waals surface area (Å²) in [6, 6.07) is 51.3. The van der Waals surface area contributed by atoms with Crippen molar-refractivity contribution in [3.63, 3.8) is 0 Å². The smallest absolute Gasteiger partial charge is 0.345 e. The molecule has 2 heterocycles. The van der Waals surface area contributed by atoms with Gasteiger partial charge in [0.15, 0.2) is 0 Å². The summed E-state index contributed by atoms with van der Waals surface area (Å²) < 4.78 is 46.1. The van der Waals surface area contributed by atoms with Crippen LogP contribution in [-0.2, 0) is 56.7 Å². The number of ether oxygens (including phenoxy) is 6. The molecule has 1 aliphatic rings. The van der Waals surface area contributed by atoms with Crippen molar-refractivity contribution in [1.82, 2.24) is 0 Å². The number of rotatable bonds is 17. The predicted molar refractivity (Wildman–Crippen MR) is 209 cm³/mol. The molecule has 1 fully saturated rings. The Morgan fingerprint density at radius 3 is 1.42 bits per heavy atom. The van der Waals surface area contributed by atoms with Crippen LogP contribution in [-0.4, -0.2) is 31.0 Å². The number of hydrogen-bond donors (Lipinski definition) is 0. The second-order valence-corrected chi connectivity index (χ2v) is 13.6. The summed E-state index contributed by atoms with van der Waals surface area (Å²) in [7, 11) is 0. The van der Waals surface area contributed by atoms with Crippen LogP contribution in [0.1, 0.15) is 45.2 Å². The minimum atomic E-state index is -0.978. The molecular weight excluding hydrogens is 693 g/mol. The van der Waals surface area contributed by atoms with E-state index in [-0.39, 0.29) is 32.0 Å². The van der Waals surface area contributed by atoms with Crippen LogP contribution in [0.4, 0.5) is 0 Å². The lowest BCUT2D eigenvalue weighted by Crippen LogP contribution is -2.58. The molecule has 282 valence electrons. The third kappa shape index (κ3) is 10.5. The number of benzene rings is 5. The SMILES string of the molecule is Cc1cc(OCc2ccccc2)c([C@@H]2O[C@H](COCc3ccccc3)[C@H](OCc3ccccc3)[C@H](OCc3ccccc3)[C@H]2OCc2ccccc2)c(=O)o1. The molecule has 6 aromatic rings. The van der Waals surface area contributed by atoms with Crippen LogP contribution in [0.15, 0.2) is 167 Å². The number of aryl methyl sites for hydroxylation is 1. The second-order valence-electron chi connectivity index (χ2n) is 13.6. The van der Waals surface area contributed by atoms with E-state index in [1.807, 2.05) is 152 Å². The lowest BCUT2D eigenvalue weighted by atomic mass is 9.90. The van der Waals surface area contributed by atoms with Gasteiger partial charge in [0.25, 0.3) is 0 Å². The first-order valence-electron chi connectivity index (χ1n) is 18.7. The average Bonchev–Trinajstić information content (AvgIpc) is 3.23. The van der Waals surface area contributed by atoms with Crippen LogP contribution >= 0.6 is 0 Å². The molecule has 1 aliphatic heterocycles. The minimum Gasteiger partial charge on any atom is -0.488 e. The van der Waals surface area contributed by atoms with Crippen molar-refractivity contribution < 1.29 is 32.8 Å². The summed E-state index contributed by atoms with van der Waals surface area (Å²) in [5, 5.41) is 0. The molecule has 1 saturated heterocycles. The van der Waals surface area contributed by atoms with Gasteiger partial charge >= 0.3 is 5.63 Å². The van der Waals surface area contributed by atoms with Crippen molar-refractivity contribution in [2.24, 2.45) is 0 Å². The fraction of sp³-hybridized carbons (Fsp3) is 0.255. The Bertz CT molecular complexity index is 2070. The van der Waals surface area contributed by atoms with Crippen LogP contribution in [0.25, 0.3) is 0 Å². The Morgan fingerprint density at radius 2 is 0.927 bits per heavy atom. The summed E-state index contributed by atoms with van der Waals surface area (Å²) in [5.41, 5.74) is 4.54. The molecule has 0 N–H and O–H groups in total. The van der Waals surface area contributed by atoms with Crippen LogP contribution in [0.2, 0.25) is 0 Å².